The zero-order valence-electron chi connectivity index (χ0n) is 15.5. The molecule has 0 aliphatic heterocycles. The van der Waals surface area contributed by atoms with Crippen molar-refractivity contribution in [2.75, 3.05) is 6.61 Å². The Morgan fingerprint density at radius 1 is 1.17 bits per heavy atom. The molecular weight excluding hydrogens is 296 g/mol. The second-order valence-electron chi connectivity index (χ2n) is 7.19. The summed E-state index contributed by atoms with van der Waals surface area (Å²) in [7, 11) is 0. The lowest BCUT2D eigenvalue weighted by atomic mass is 9.81. The highest BCUT2D eigenvalue weighted by Gasteiger charge is 2.23. The minimum absolute atomic E-state index is 0.152. The molecule has 1 aliphatic carbocycles. The highest BCUT2D eigenvalue weighted by atomic mass is 16.5. The molecule has 2 rings (SSSR count). The maximum atomic E-state index is 12.1. The molecule has 0 aromatic heterocycles. The second-order valence-corrected chi connectivity index (χ2v) is 7.19. The lowest BCUT2D eigenvalue weighted by Crippen LogP contribution is -2.21. The largest absolute Gasteiger partial charge is 0.494 e. The summed E-state index contributed by atoms with van der Waals surface area (Å²) in [4.78, 5) is 12.1. The van der Waals surface area contributed by atoms with Crippen LogP contribution in [0.2, 0.25) is 0 Å². The van der Waals surface area contributed by atoms with Gasteiger partial charge in [-0.15, -0.1) is 0 Å². The average Bonchev–Trinajstić information content (AvgIpc) is 2.61. The first-order valence-electron chi connectivity index (χ1n) is 9.57. The third kappa shape index (κ3) is 5.51. The van der Waals surface area contributed by atoms with Gasteiger partial charge in [-0.25, -0.2) is 0 Å². The van der Waals surface area contributed by atoms with E-state index >= 15 is 0 Å². The number of Topliss-reactive ketones (excluding diaryl/α,β-unsaturated/α-hetero) is 1. The van der Waals surface area contributed by atoms with Gasteiger partial charge in [-0.2, -0.15) is 0 Å². The number of benzene rings is 1. The second kappa shape index (κ2) is 9.66. The summed E-state index contributed by atoms with van der Waals surface area (Å²) in [6.45, 7) is 7.03. The molecule has 0 saturated carbocycles. The average molecular weight is 328 g/mol. The van der Waals surface area contributed by atoms with Crippen LogP contribution in [-0.4, -0.2) is 12.4 Å². The summed E-state index contributed by atoms with van der Waals surface area (Å²) in [5.74, 6) is 1.75. The minimum atomic E-state index is 0.152. The molecule has 1 aromatic carbocycles. The summed E-state index contributed by atoms with van der Waals surface area (Å²) in [6.07, 6.45) is 10.1. The van der Waals surface area contributed by atoms with Gasteiger partial charge < -0.3 is 4.74 Å². The Labute approximate surface area is 147 Å². The lowest BCUT2D eigenvalue weighted by Gasteiger charge is -2.22. The zero-order valence-corrected chi connectivity index (χ0v) is 15.5. The quantitative estimate of drug-likeness (QED) is 0.515. The number of allylic oxidation sites excluding steroid dienone is 2. The molecule has 0 fully saturated rings. The lowest BCUT2D eigenvalue weighted by molar-refractivity contribution is -0.126. The fraction of sp³-hybridized carbons (Fsp3) is 0.591. The predicted octanol–water partition coefficient (Wildman–Crippen LogP) is 6.05. The fourth-order valence-electron chi connectivity index (χ4n) is 3.31. The summed E-state index contributed by atoms with van der Waals surface area (Å²) >= 11 is 0. The monoisotopic (exact) mass is 328 g/mol. The standard InChI is InChI=1S/C22H32O2/c1-4-5-6-7-16-24-21-14-12-19(13-15-21)18-8-10-20(11-9-18)22(23)17(2)3/h8,12-15,17,20H,4-7,9-11,16H2,1-3H3. The van der Waals surface area contributed by atoms with Crippen LogP contribution in [0.4, 0.5) is 0 Å². The van der Waals surface area contributed by atoms with E-state index in [4.69, 9.17) is 4.74 Å². The van der Waals surface area contributed by atoms with Gasteiger partial charge in [-0.1, -0.05) is 58.2 Å². The number of ether oxygens (including phenoxy) is 1. The van der Waals surface area contributed by atoms with E-state index in [2.05, 4.69) is 37.3 Å². The van der Waals surface area contributed by atoms with E-state index in [9.17, 15) is 4.79 Å². The molecule has 0 N–H and O–H groups in total. The summed E-state index contributed by atoms with van der Waals surface area (Å²) in [5.41, 5.74) is 2.64. The van der Waals surface area contributed by atoms with Crippen molar-refractivity contribution in [2.45, 2.75) is 65.7 Å². The van der Waals surface area contributed by atoms with Gasteiger partial charge in [0.25, 0.3) is 0 Å². The van der Waals surface area contributed by atoms with Gasteiger partial charge >= 0.3 is 0 Å². The van der Waals surface area contributed by atoms with Crippen LogP contribution in [0.1, 0.15) is 71.3 Å². The maximum absolute atomic E-state index is 12.1. The van der Waals surface area contributed by atoms with Crippen LogP contribution in [0.15, 0.2) is 30.3 Å². The number of carbonyl (C=O) groups is 1. The molecule has 0 bridgehead atoms. The first-order valence-corrected chi connectivity index (χ1v) is 9.57. The molecule has 0 heterocycles. The van der Waals surface area contributed by atoms with Crippen molar-refractivity contribution in [2.24, 2.45) is 11.8 Å². The van der Waals surface area contributed by atoms with E-state index in [0.717, 1.165) is 38.0 Å². The summed E-state index contributed by atoms with van der Waals surface area (Å²) in [5, 5.41) is 0. The Morgan fingerprint density at radius 3 is 2.50 bits per heavy atom. The highest BCUT2D eigenvalue weighted by molar-refractivity contribution is 5.84. The van der Waals surface area contributed by atoms with Crippen molar-refractivity contribution >= 4 is 11.4 Å². The number of hydrogen-bond donors (Lipinski definition) is 0. The molecular formula is C22H32O2. The molecule has 132 valence electrons. The van der Waals surface area contributed by atoms with Gasteiger partial charge in [0, 0.05) is 11.8 Å². The molecule has 24 heavy (non-hydrogen) atoms. The van der Waals surface area contributed by atoms with Gasteiger partial charge in [0.1, 0.15) is 11.5 Å². The van der Waals surface area contributed by atoms with Gasteiger partial charge in [0.2, 0.25) is 0 Å². The third-order valence-electron chi connectivity index (χ3n) is 4.87. The number of carbonyl (C=O) groups excluding carboxylic acids is 1. The molecule has 0 radical (unpaired) electrons. The van der Waals surface area contributed by atoms with E-state index < -0.39 is 0 Å². The topological polar surface area (TPSA) is 26.3 Å². The Hall–Kier alpha value is -1.57. The van der Waals surface area contributed by atoms with E-state index in [1.165, 1.54) is 30.4 Å². The molecule has 1 unspecified atom stereocenters. The van der Waals surface area contributed by atoms with Crippen molar-refractivity contribution in [3.05, 3.63) is 35.9 Å². The number of unbranched alkanes of at least 4 members (excludes halogenated alkanes) is 3. The van der Waals surface area contributed by atoms with Crippen LogP contribution in [0.5, 0.6) is 5.75 Å². The fourth-order valence-corrected chi connectivity index (χ4v) is 3.31. The van der Waals surface area contributed by atoms with E-state index in [1.54, 1.807) is 0 Å². The predicted molar refractivity (Wildman–Crippen MR) is 101 cm³/mol. The maximum Gasteiger partial charge on any atom is 0.138 e. The number of hydrogen-bond acceptors (Lipinski definition) is 2. The highest BCUT2D eigenvalue weighted by Crippen LogP contribution is 2.32. The van der Waals surface area contributed by atoms with Crippen molar-refractivity contribution in [1.29, 1.82) is 0 Å². The van der Waals surface area contributed by atoms with Gasteiger partial charge in [-0.05, 0) is 49.0 Å². The zero-order chi connectivity index (χ0) is 17.4. The molecule has 1 aliphatic rings. The molecule has 1 aromatic rings. The Balaban J connectivity index is 1.84. The normalized spacial score (nSPS) is 17.7. The first-order chi connectivity index (χ1) is 11.6. The summed E-state index contributed by atoms with van der Waals surface area (Å²) in [6, 6.07) is 8.44. The van der Waals surface area contributed by atoms with E-state index in [1.807, 2.05) is 13.8 Å². The van der Waals surface area contributed by atoms with Crippen LogP contribution in [-0.2, 0) is 4.79 Å². The van der Waals surface area contributed by atoms with Gasteiger partial charge in [-0.3, -0.25) is 4.79 Å². The van der Waals surface area contributed by atoms with Gasteiger partial charge in [0.15, 0.2) is 0 Å². The molecule has 1 atom stereocenters. The minimum Gasteiger partial charge on any atom is -0.494 e. The van der Waals surface area contributed by atoms with Crippen LogP contribution in [0, 0.1) is 11.8 Å². The smallest absolute Gasteiger partial charge is 0.138 e. The van der Waals surface area contributed by atoms with Crippen LogP contribution >= 0.6 is 0 Å². The Morgan fingerprint density at radius 2 is 1.92 bits per heavy atom. The third-order valence-corrected chi connectivity index (χ3v) is 4.87. The van der Waals surface area contributed by atoms with E-state index in [0.29, 0.717) is 5.78 Å². The van der Waals surface area contributed by atoms with Crippen LogP contribution < -0.4 is 4.74 Å². The first kappa shape index (κ1) is 18.8. The molecule has 0 saturated heterocycles. The number of ketones is 1. The van der Waals surface area contributed by atoms with Crippen molar-refractivity contribution in [3.8, 4) is 5.75 Å². The van der Waals surface area contributed by atoms with Crippen LogP contribution in [0.25, 0.3) is 5.57 Å². The Bertz CT molecular complexity index is 540. The summed E-state index contributed by atoms with van der Waals surface area (Å²) < 4.78 is 5.81. The molecule has 0 amide bonds. The van der Waals surface area contributed by atoms with Gasteiger partial charge in [0.05, 0.1) is 6.61 Å². The molecule has 0 spiro atoms. The van der Waals surface area contributed by atoms with E-state index in [-0.39, 0.29) is 11.8 Å². The molecule has 2 nitrogen and oxygen atoms in total. The van der Waals surface area contributed by atoms with Crippen molar-refractivity contribution in [1.82, 2.24) is 0 Å². The number of rotatable bonds is 9. The molecule has 2 heteroatoms. The Kier molecular flexibility index (Phi) is 7.55. The van der Waals surface area contributed by atoms with Crippen LogP contribution in [0.3, 0.4) is 0 Å². The van der Waals surface area contributed by atoms with Crippen molar-refractivity contribution in [3.63, 3.8) is 0 Å². The van der Waals surface area contributed by atoms with Crippen molar-refractivity contribution < 1.29 is 9.53 Å². The SMILES string of the molecule is CCCCCCOc1ccc(C2=CCC(C(=O)C(C)C)CC2)cc1.